The lowest BCUT2D eigenvalue weighted by Gasteiger charge is -2.35. The van der Waals surface area contributed by atoms with Crippen LogP contribution in [0.1, 0.15) is 117 Å². The minimum Gasteiger partial charge on any atom is -0.451 e. The highest BCUT2D eigenvalue weighted by atomic mass is 32.2. The van der Waals surface area contributed by atoms with Gasteiger partial charge in [-0.2, -0.15) is 18.8 Å². The van der Waals surface area contributed by atoms with E-state index in [1.165, 1.54) is 84.8 Å². The summed E-state index contributed by atoms with van der Waals surface area (Å²) in [7, 11) is -2.31. The zero-order valence-corrected chi connectivity index (χ0v) is 60.4. The molecule has 30 heteroatoms. The van der Waals surface area contributed by atoms with E-state index >= 15 is 9.59 Å². The molecular formula is C68H98N10O18S2. The number of rotatable bonds is 20. The van der Waals surface area contributed by atoms with Gasteiger partial charge in [-0.25, -0.2) is 36.0 Å². The van der Waals surface area contributed by atoms with Crippen LogP contribution in [0.25, 0.3) is 0 Å². The third-order valence-corrected chi connectivity index (χ3v) is 21.2. The number of hydrogen-bond donors (Lipinski definition) is 0. The van der Waals surface area contributed by atoms with Crippen molar-refractivity contribution in [3.05, 3.63) is 95.6 Å². The van der Waals surface area contributed by atoms with E-state index < -0.39 is 116 Å². The molecule has 3 aliphatic rings. The Morgan fingerprint density at radius 2 is 0.745 bits per heavy atom. The second-order valence-electron chi connectivity index (χ2n) is 27.2. The SMILES string of the molecule is CC(C)C[C@H]1C(=O)O[C@H](Cc2cccc(Cn3cc(S(=O)(=O)N4CCOCC4)cn3)c2)C(=O)N(C)[C@@H](CC(C)C)C(=O)O[C@H](C)C(=O)N(C)[C@@H](CC(C)C)C(=O)O[C@H](Cc2ccc(Cn3cc(S(=O)(=O)N4CCOCC4)cn3)cc2)C(=O)N(C)[C@@H](CC(C)C)C(=O)O[C@H](C)C(=O)N1C. The average Bonchev–Trinajstić information content (AvgIpc) is 1.50. The van der Waals surface area contributed by atoms with E-state index in [1.54, 1.807) is 48.5 Å². The first-order valence-electron chi connectivity index (χ1n) is 33.4. The summed E-state index contributed by atoms with van der Waals surface area (Å²) in [6, 6.07) is 8.27. The zero-order chi connectivity index (χ0) is 72.1. The number of aromatic nitrogens is 4. The number of esters is 4. The van der Waals surface area contributed by atoms with Crippen LogP contribution in [0, 0.1) is 23.7 Å². The fraction of sp³-hybridized carbons (Fsp3) is 0.618. The molecule has 4 amide bonds. The van der Waals surface area contributed by atoms with Gasteiger partial charge in [-0.05, 0) is 85.5 Å². The van der Waals surface area contributed by atoms with Gasteiger partial charge in [0.1, 0.15) is 34.0 Å². The number of nitrogens with zero attached hydrogens (tertiary/aromatic N) is 10. The highest BCUT2D eigenvalue weighted by molar-refractivity contribution is 7.89. The molecule has 0 saturated carbocycles. The number of sulfonamides is 2. The molecule has 2 aromatic heterocycles. The lowest BCUT2D eigenvalue weighted by atomic mass is 9.99. The van der Waals surface area contributed by atoms with E-state index in [2.05, 4.69) is 10.2 Å². The van der Waals surface area contributed by atoms with Gasteiger partial charge in [0.05, 0.1) is 51.9 Å². The lowest BCUT2D eigenvalue weighted by molar-refractivity contribution is -0.176. The molecule has 0 bridgehead atoms. The number of hydrogen-bond acceptors (Lipinski definition) is 20. The summed E-state index contributed by atoms with van der Waals surface area (Å²) in [4.78, 5) is 123. The predicted octanol–water partition coefficient (Wildman–Crippen LogP) is 4.20. The molecule has 2 aromatic carbocycles. The number of carbonyl (C=O) groups excluding carboxylic acids is 8. The molecule has 4 aromatic rings. The van der Waals surface area contributed by atoms with Gasteiger partial charge in [-0.15, -0.1) is 0 Å². The average molecular weight is 1410 g/mol. The minimum absolute atomic E-state index is 0.00302. The first kappa shape index (κ1) is 77.7. The van der Waals surface area contributed by atoms with Gasteiger partial charge < -0.3 is 48.0 Å². The van der Waals surface area contributed by atoms with E-state index in [1.807, 2.05) is 55.4 Å². The van der Waals surface area contributed by atoms with E-state index in [9.17, 15) is 45.6 Å². The van der Waals surface area contributed by atoms with Gasteiger partial charge >= 0.3 is 23.9 Å². The van der Waals surface area contributed by atoms with Crippen LogP contribution in [0.3, 0.4) is 0 Å². The fourth-order valence-electron chi connectivity index (χ4n) is 11.9. The van der Waals surface area contributed by atoms with Crippen molar-refractivity contribution in [2.24, 2.45) is 23.7 Å². The standard InChI is InChI=1S/C68H98N10O18S2/c1-43(2)30-55-65(83)93-48(10)62(80)72(12)58(33-46(7)8)68(86)96-60(36-51-16-15-17-52(34-51)40-76-42-54(38-70-76)98(89,90)78-24-28-92-29-25-78)64(82)74(14)56(31-44(3)4)66(84)94-47(9)61(79)71(11)57(32-45(5)6)67(85)95-59(63(81)73(55)13)35-49-18-20-50(21-19-49)39-75-41-53(37-69-75)97(87,88)77-22-26-91-27-23-77/h15-21,34,37-38,41-48,55-60H,22-33,35-36,39-40H2,1-14H3/t47-,48-,55+,56+,57+,58+,59-,60-/m1/s1. The molecule has 0 aliphatic carbocycles. The summed E-state index contributed by atoms with van der Waals surface area (Å²) in [5, 5.41) is 8.63. The zero-order valence-electron chi connectivity index (χ0n) is 58.8. The van der Waals surface area contributed by atoms with Crippen molar-refractivity contribution < 1.29 is 83.6 Å². The maximum atomic E-state index is 15.3. The van der Waals surface area contributed by atoms with Crippen LogP contribution in [-0.4, -0.2) is 241 Å². The molecule has 0 unspecified atom stereocenters. The van der Waals surface area contributed by atoms with Crippen LogP contribution in [0.5, 0.6) is 0 Å². The summed E-state index contributed by atoms with van der Waals surface area (Å²) < 4.78 is 94.3. The number of morpholine rings is 2. The predicted molar refractivity (Wildman–Crippen MR) is 357 cm³/mol. The van der Waals surface area contributed by atoms with Gasteiger partial charge in [0.25, 0.3) is 23.6 Å². The number of benzene rings is 2. The Bertz CT molecular complexity index is 3640. The van der Waals surface area contributed by atoms with E-state index in [-0.39, 0.29) is 138 Å². The molecule has 8 atom stereocenters. The van der Waals surface area contributed by atoms with Crippen molar-refractivity contribution in [3.63, 3.8) is 0 Å². The largest absolute Gasteiger partial charge is 0.451 e. The summed E-state index contributed by atoms with van der Waals surface area (Å²) in [6.45, 7) is 19.3. The smallest absolute Gasteiger partial charge is 0.329 e. The summed E-state index contributed by atoms with van der Waals surface area (Å²) in [5.74, 6) is -8.34. The van der Waals surface area contributed by atoms with Crippen molar-refractivity contribution in [1.29, 1.82) is 0 Å². The van der Waals surface area contributed by atoms with Crippen molar-refractivity contribution >= 4 is 67.6 Å². The molecule has 3 fully saturated rings. The van der Waals surface area contributed by atoms with Crippen LogP contribution in [-0.2, 0) is 113 Å². The molecule has 540 valence electrons. The highest BCUT2D eigenvalue weighted by Gasteiger charge is 2.43. The van der Waals surface area contributed by atoms with Gasteiger partial charge in [-0.1, -0.05) is 104 Å². The minimum atomic E-state index is -3.86. The van der Waals surface area contributed by atoms with E-state index in [0.717, 1.165) is 19.6 Å². The molecule has 3 saturated heterocycles. The second-order valence-corrected chi connectivity index (χ2v) is 31.1. The lowest BCUT2D eigenvalue weighted by Crippen LogP contribution is -2.55. The van der Waals surface area contributed by atoms with Crippen LogP contribution in [0.15, 0.2) is 83.1 Å². The van der Waals surface area contributed by atoms with Crippen LogP contribution in [0.2, 0.25) is 0 Å². The molecule has 0 radical (unpaired) electrons. The third-order valence-electron chi connectivity index (χ3n) is 17.5. The molecular weight excluding hydrogens is 1310 g/mol. The van der Waals surface area contributed by atoms with Crippen molar-refractivity contribution in [1.82, 2.24) is 47.8 Å². The molecule has 0 spiro atoms. The van der Waals surface area contributed by atoms with E-state index in [4.69, 9.17) is 28.4 Å². The summed E-state index contributed by atoms with van der Waals surface area (Å²) in [6.07, 6.45) is -1.53. The first-order chi connectivity index (χ1) is 46.2. The maximum Gasteiger partial charge on any atom is 0.329 e. The number of amides is 4. The van der Waals surface area contributed by atoms with Crippen molar-refractivity contribution in [2.75, 3.05) is 80.8 Å². The van der Waals surface area contributed by atoms with Gasteiger partial charge in [0.2, 0.25) is 20.0 Å². The number of carbonyl (C=O) groups is 8. The highest BCUT2D eigenvalue weighted by Crippen LogP contribution is 2.27. The Hall–Kier alpha value is -7.64. The van der Waals surface area contributed by atoms with Crippen molar-refractivity contribution in [2.45, 2.75) is 179 Å². The fourth-order valence-corrected chi connectivity index (χ4v) is 14.6. The quantitative estimate of drug-likeness (QED) is 0.0884. The topological polar surface area (TPSA) is 315 Å². The molecule has 0 N–H and O–H groups in total. The maximum absolute atomic E-state index is 15.3. The monoisotopic (exact) mass is 1410 g/mol. The Labute approximate surface area is 575 Å². The van der Waals surface area contributed by atoms with E-state index in [0.29, 0.717) is 22.3 Å². The third kappa shape index (κ3) is 20.3. The molecule has 3 aliphatic heterocycles. The summed E-state index contributed by atoms with van der Waals surface area (Å²) >= 11 is 0. The Morgan fingerprint density at radius 1 is 0.429 bits per heavy atom. The van der Waals surface area contributed by atoms with Crippen LogP contribution < -0.4 is 0 Å². The second kappa shape index (κ2) is 34.4. The first-order valence-corrected chi connectivity index (χ1v) is 36.3. The van der Waals surface area contributed by atoms with Gasteiger partial charge in [-0.3, -0.25) is 28.5 Å². The Balaban J connectivity index is 1.22. The molecule has 5 heterocycles. The Kier molecular flexibility index (Phi) is 27.3. The number of likely N-dealkylation sites (N-methyl/N-ethyl adjacent to an activating group) is 4. The number of ether oxygens (including phenoxy) is 6. The number of cyclic esters (lactones) is 4. The van der Waals surface area contributed by atoms with Crippen LogP contribution >= 0.6 is 0 Å². The summed E-state index contributed by atoms with van der Waals surface area (Å²) in [5.41, 5.74) is 2.31. The molecule has 98 heavy (non-hydrogen) atoms. The Morgan fingerprint density at radius 3 is 1.11 bits per heavy atom. The molecule has 7 rings (SSSR count). The normalized spacial score (nSPS) is 23.8. The van der Waals surface area contributed by atoms with Crippen molar-refractivity contribution in [3.8, 4) is 0 Å². The van der Waals surface area contributed by atoms with Gasteiger partial charge in [0, 0.05) is 79.6 Å². The van der Waals surface area contributed by atoms with Gasteiger partial charge in [0.15, 0.2) is 24.4 Å². The van der Waals surface area contributed by atoms with Crippen LogP contribution in [0.4, 0.5) is 0 Å². The molecule has 28 nitrogen and oxygen atoms in total.